The van der Waals surface area contributed by atoms with Gasteiger partial charge in [-0.05, 0) is 76.2 Å². The summed E-state index contributed by atoms with van der Waals surface area (Å²) in [6.07, 6.45) is 1.18. The molecule has 0 radical (unpaired) electrons. The predicted molar refractivity (Wildman–Crippen MR) is 257 cm³/mol. The fourth-order valence-corrected chi connectivity index (χ4v) is 9.88. The van der Waals surface area contributed by atoms with E-state index in [0.717, 1.165) is 33.5 Å². The van der Waals surface area contributed by atoms with Crippen LogP contribution < -0.4 is 29.4 Å². The molecule has 19 heteroatoms. The van der Waals surface area contributed by atoms with E-state index in [-0.39, 0.29) is 24.2 Å². The first kappa shape index (κ1) is 43.9. The molecule has 8 heterocycles. The molecule has 66 heavy (non-hydrogen) atoms. The molecule has 0 spiro atoms. The summed E-state index contributed by atoms with van der Waals surface area (Å²) < 4.78 is 51.4. The van der Waals surface area contributed by atoms with E-state index in [1.807, 2.05) is 66.7 Å². The third-order valence-corrected chi connectivity index (χ3v) is 13.6. The van der Waals surface area contributed by atoms with E-state index in [2.05, 4.69) is 52.7 Å². The highest BCUT2D eigenvalue weighted by Crippen LogP contribution is 2.35. The number of nitrogens with one attached hydrogen (secondary N) is 1. The Kier molecular flexibility index (Phi) is 12.2. The summed E-state index contributed by atoms with van der Waals surface area (Å²) in [4.78, 5) is 39.4. The van der Waals surface area contributed by atoms with Crippen LogP contribution in [0.3, 0.4) is 0 Å². The second kappa shape index (κ2) is 18.4. The van der Waals surface area contributed by atoms with Crippen molar-refractivity contribution < 1.29 is 27.4 Å². The normalized spacial score (nSPS) is 22.0. The number of hydrogen-bond acceptors (Lipinski definition) is 17. The van der Waals surface area contributed by atoms with Crippen LogP contribution in [-0.4, -0.2) is 148 Å². The van der Waals surface area contributed by atoms with Gasteiger partial charge in [-0.2, -0.15) is 24.4 Å². The lowest BCUT2D eigenvalue weighted by Gasteiger charge is -2.37. The van der Waals surface area contributed by atoms with Crippen molar-refractivity contribution in [3.05, 3.63) is 72.8 Å². The van der Waals surface area contributed by atoms with E-state index in [1.54, 1.807) is 6.07 Å². The predicted octanol–water partition coefficient (Wildman–Crippen LogP) is 5.39. The molecule has 10 rings (SSSR count). The first-order valence-corrected chi connectivity index (χ1v) is 24.6. The van der Waals surface area contributed by atoms with Gasteiger partial charge in [-0.1, -0.05) is 24.3 Å². The molecule has 0 amide bonds. The number of ether oxygens (including phenoxy) is 4. The molecule has 1 N–H and O–H groups in total. The molecular weight excluding hydrogens is 861 g/mol. The number of hydrogen-bond donors (Lipinski definition) is 1. The van der Waals surface area contributed by atoms with Crippen LogP contribution in [0, 0.1) is 0 Å². The van der Waals surface area contributed by atoms with Crippen LogP contribution in [0.4, 0.5) is 34.9 Å². The first-order valence-electron chi connectivity index (χ1n) is 22.7. The Bertz CT molecular complexity index is 2860. The molecule has 4 atom stereocenters. The van der Waals surface area contributed by atoms with E-state index in [1.165, 1.54) is 10.7 Å². The molecule has 0 saturated carbocycles. The lowest BCUT2D eigenvalue weighted by atomic mass is 10.1. The number of anilines is 6. The Morgan fingerprint density at radius 3 is 1.44 bits per heavy atom. The smallest absolute Gasteiger partial charge is 0.249 e. The average Bonchev–Trinajstić information content (AvgIpc) is 3.32. The van der Waals surface area contributed by atoms with Crippen molar-refractivity contribution in [1.82, 2.24) is 29.9 Å². The maximum atomic E-state index is 13.6. The number of nitrogens with zero attached hydrogens (tertiary/aromatic N) is 11. The third kappa shape index (κ3) is 8.84. The number of hydrazine groups is 1. The van der Waals surface area contributed by atoms with Crippen LogP contribution in [0.1, 0.15) is 27.7 Å². The van der Waals surface area contributed by atoms with Crippen LogP contribution in [0.5, 0.6) is 0 Å². The van der Waals surface area contributed by atoms with Crippen molar-refractivity contribution in [2.24, 2.45) is 0 Å². The Morgan fingerprint density at radius 2 is 0.985 bits per heavy atom. The number of fused-ring (bicyclic) bond motifs is 2. The van der Waals surface area contributed by atoms with Crippen molar-refractivity contribution >= 4 is 67.0 Å². The van der Waals surface area contributed by atoms with E-state index in [0.29, 0.717) is 125 Å². The monoisotopic (exact) mass is 916 g/mol. The van der Waals surface area contributed by atoms with Gasteiger partial charge >= 0.3 is 0 Å². The summed E-state index contributed by atoms with van der Waals surface area (Å²) in [7, 11) is -3.85. The van der Waals surface area contributed by atoms with Gasteiger partial charge in [0.05, 0.1) is 117 Å². The second-order valence-corrected chi connectivity index (χ2v) is 19.4. The Hall–Kier alpha value is -5.99. The van der Waals surface area contributed by atoms with Gasteiger partial charge in [-0.15, -0.1) is 0 Å². The number of benzene rings is 2. The minimum atomic E-state index is -3.85. The van der Waals surface area contributed by atoms with Gasteiger partial charge in [0.1, 0.15) is 11.6 Å². The van der Waals surface area contributed by atoms with Crippen molar-refractivity contribution in [3.8, 4) is 22.5 Å². The molecular formula is C47H56N12O6S. The fraction of sp³-hybridized carbons (Fsp3) is 0.447. The van der Waals surface area contributed by atoms with Crippen LogP contribution >= 0.6 is 0 Å². The minimum Gasteiger partial charge on any atom is -0.377 e. The molecule has 346 valence electrons. The maximum absolute atomic E-state index is 13.6. The molecule has 4 unspecified atom stereocenters. The number of rotatable bonds is 10. The summed E-state index contributed by atoms with van der Waals surface area (Å²) in [5.74, 6) is 2.87. The van der Waals surface area contributed by atoms with Gasteiger partial charge in [-0.25, -0.2) is 18.4 Å². The molecule has 4 aromatic heterocycles. The van der Waals surface area contributed by atoms with Crippen LogP contribution in [0.15, 0.2) is 72.8 Å². The van der Waals surface area contributed by atoms with Crippen molar-refractivity contribution in [2.75, 3.05) is 115 Å². The van der Waals surface area contributed by atoms with Crippen molar-refractivity contribution in [1.29, 1.82) is 0 Å². The van der Waals surface area contributed by atoms with Crippen LogP contribution in [0.2, 0.25) is 0 Å². The molecule has 0 bridgehead atoms. The largest absolute Gasteiger partial charge is 0.377 e. The third-order valence-electron chi connectivity index (χ3n) is 12.7. The summed E-state index contributed by atoms with van der Waals surface area (Å²) in [5, 5.41) is 1.68. The zero-order valence-electron chi connectivity index (χ0n) is 38.0. The summed E-state index contributed by atoms with van der Waals surface area (Å²) >= 11 is 0. The quantitative estimate of drug-likeness (QED) is 0.173. The maximum Gasteiger partial charge on any atom is 0.249 e. The van der Waals surface area contributed by atoms with Gasteiger partial charge in [0.15, 0.2) is 11.3 Å². The van der Waals surface area contributed by atoms with Gasteiger partial charge in [0.2, 0.25) is 21.9 Å². The number of pyridine rings is 2. The Morgan fingerprint density at radius 1 is 0.545 bits per heavy atom. The molecule has 4 aliphatic heterocycles. The average molecular weight is 917 g/mol. The highest BCUT2D eigenvalue weighted by atomic mass is 32.2. The van der Waals surface area contributed by atoms with Gasteiger partial charge in [0, 0.05) is 37.3 Å². The number of sulfonamides is 1. The summed E-state index contributed by atoms with van der Waals surface area (Å²) in [5.41, 5.74) is 8.10. The number of morpholine rings is 4. The lowest BCUT2D eigenvalue weighted by molar-refractivity contribution is 0.0972. The van der Waals surface area contributed by atoms with Crippen LogP contribution in [-0.2, 0) is 29.0 Å². The zero-order chi connectivity index (χ0) is 45.5. The molecule has 0 aliphatic carbocycles. The van der Waals surface area contributed by atoms with Crippen molar-refractivity contribution in [3.63, 3.8) is 0 Å². The number of aromatic nitrogens is 6. The molecule has 18 nitrogen and oxygen atoms in total. The standard InChI is InChI=1S/C47H56N12O6S/c1-30-26-62-20-16-55(30)44-38-12-14-40(48-42(38)50-46(52-44)57-18-22-64-28-32(57)3)34-8-6-10-36(24-34)54-59(66(5,60)61)37-11-7-9-35(25-37)41-15-13-39-43(49-41)51-47(58-19-23-65-29-33(58)4)53-45(39)56-17-21-63-27-31(56)2/h6-15,24-25,30-33,54H,16-23,26-29H2,1-5H3. The molecule has 6 aromatic rings. The topological polar surface area (TPSA) is 177 Å². The highest BCUT2D eigenvalue weighted by molar-refractivity contribution is 7.92. The van der Waals surface area contributed by atoms with E-state index >= 15 is 0 Å². The first-order chi connectivity index (χ1) is 32.0. The van der Waals surface area contributed by atoms with E-state index in [4.69, 9.17) is 48.9 Å². The Labute approximate surface area is 384 Å². The zero-order valence-corrected chi connectivity index (χ0v) is 38.8. The lowest BCUT2D eigenvalue weighted by Crippen LogP contribution is -2.46. The van der Waals surface area contributed by atoms with Crippen molar-refractivity contribution in [2.45, 2.75) is 51.9 Å². The minimum absolute atomic E-state index is 0.0928. The summed E-state index contributed by atoms with van der Waals surface area (Å²) in [6.45, 7) is 16.0. The molecule has 4 fully saturated rings. The van der Waals surface area contributed by atoms with Gasteiger partial charge in [-0.3, -0.25) is 5.43 Å². The fourth-order valence-electron chi connectivity index (χ4n) is 9.11. The van der Waals surface area contributed by atoms with Gasteiger partial charge in [0.25, 0.3) is 0 Å². The SMILES string of the molecule is CC1COCCN1c1nc(N2CCOCC2C)c2ccc(-c3cccc(NN(c4cccc(-c5ccc6c(N7CCOCC7C)nc(N7CCOCC7C)nc6n5)c4)S(C)(=O)=O)c3)nc2n1. The molecule has 4 saturated heterocycles. The highest BCUT2D eigenvalue weighted by Gasteiger charge is 2.30. The van der Waals surface area contributed by atoms with Gasteiger partial charge < -0.3 is 38.5 Å². The summed E-state index contributed by atoms with van der Waals surface area (Å²) in [6, 6.07) is 23.2. The van der Waals surface area contributed by atoms with E-state index in [9.17, 15) is 8.42 Å². The molecule has 2 aromatic carbocycles. The van der Waals surface area contributed by atoms with E-state index < -0.39 is 10.0 Å². The second-order valence-electron chi connectivity index (χ2n) is 17.6. The van der Waals surface area contributed by atoms with Crippen LogP contribution in [0.25, 0.3) is 44.6 Å². The molecule has 4 aliphatic rings. The Balaban J connectivity index is 0.970.